The Kier molecular flexibility index (Phi) is 6.27. The molecule has 0 unspecified atom stereocenters. The first-order chi connectivity index (χ1) is 12.5. The van der Waals surface area contributed by atoms with Crippen molar-refractivity contribution in [3.8, 4) is 0 Å². The maximum absolute atomic E-state index is 12.5. The molecule has 0 bridgehead atoms. The van der Waals surface area contributed by atoms with E-state index in [1.54, 1.807) is 11.3 Å². The largest absolute Gasteiger partial charge is 0.331 e. The Balaban J connectivity index is 1.57. The van der Waals surface area contributed by atoms with E-state index in [1.165, 1.54) is 36.1 Å². The van der Waals surface area contributed by atoms with E-state index in [-0.39, 0.29) is 5.91 Å². The molecule has 6 heteroatoms. The quantitative estimate of drug-likeness (QED) is 0.518. The third kappa shape index (κ3) is 4.83. The molecule has 0 atom stereocenters. The van der Waals surface area contributed by atoms with E-state index in [0.29, 0.717) is 5.11 Å². The molecule has 0 radical (unpaired) electrons. The summed E-state index contributed by atoms with van der Waals surface area (Å²) in [6.07, 6.45) is 7.19. The fraction of sp³-hybridized carbons (Fsp3) is 0.400. The van der Waals surface area contributed by atoms with E-state index in [1.807, 2.05) is 32.0 Å². The highest BCUT2D eigenvalue weighted by molar-refractivity contribution is 7.80. The molecule has 1 amide bonds. The van der Waals surface area contributed by atoms with Crippen molar-refractivity contribution in [3.05, 3.63) is 50.7 Å². The normalized spacial score (nSPS) is 13.9. The summed E-state index contributed by atoms with van der Waals surface area (Å²) >= 11 is 6.91. The van der Waals surface area contributed by atoms with Crippen LogP contribution in [0.2, 0.25) is 0 Å². The fourth-order valence-corrected chi connectivity index (χ4v) is 4.47. The molecular weight excluding hydrogens is 362 g/mol. The Morgan fingerprint density at radius 3 is 2.62 bits per heavy atom. The molecule has 0 saturated carbocycles. The summed E-state index contributed by atoms with van der Waals surface area (Å²) in [6, 6.07) is 8.18. The van der Waals surface area contributed by atoms with E-state index in [2.05, 4.69) is 22.2 Å². The number of rotatable bonds is 2. The lowest BCUT2D eigenvalue weighted by Gasteiger charge is -2.13. The average molecular weight is 388 g/mol. The van der Waals surface area contributed by atoms with Gasteiger partial charge in [-0.25, -0.2) is 0 Å². The first-order valence-electron chi connectivity index (χ1n) is 9.09. The van der Waals surface area contributed by atoms with Crippen molar-refractivity contribution in [2.45, 2.75) is 52.4 Å². The van der Waals surface area contributed by atoms with Crippen LogP contribution in [0.15, 0.2) is 24.3 Å². The SMILES string of the molecule is Cc1ccc(C)c(NC(=S)NNC(=O)c2cc3c(s2)CCCCCC3)c1. The first-order valence-corrected chi connectivity index (χ1v) is 10.3. The Morgan fingerprint density at radius 2 is 1.81 bits per heavy atom. The zero-order valence-electron chi connectivity index (χ0n) is 15.3. The number of anilines is 1. The van der Waals surface area contributed by atoms with Crippen LogP contribution in [0.5, 0.6) is 0 Å². The molecule has 4 nitrogen and oxygen atoms in total. The van der Waals surface area contributed by atoms with Crippen molar-refractivity contribution < 1.29 is 4.79 Å². The van der Waals surface area contributed by atoms with Gasteiger partial charge in [-0.3, -0.25) is 15.6 Å². The summed E-state index contributed by atoms with van der Waals surface area (Å²) in [5.41, 5.74) is 10.1. The minimum Gasteiger partial charge on any atom is -0.331 e. The number of benzene rings is 1. The Morgan fingerprint density at radius 1 is 1.04 bits per heavy atom. The van der Waals surface area contributed by atoms with Crippen LogP contribution in [0.3, 0.4) is 0 Å². The number of aryl methyl sites for hydroxylation is 4. The number of hydrogen-bond donors (Lipinski definition) is 3. The van der Waals surface area contributed by atoms with Crippen LogP contribution in [-0.2, 0) is 12.8 Å². The number of carbonyl (C=O) groups is 1. The summed E-state index contributed by atoms with van der Waals surface area (Å²) in [6.45, 7) is 4.05. The second kappa shape index (κ2) is 8.64. The van der Waals surface area contributed by atoms with Gasteiger partial charge in [-0.15, -0.1) is 11.3 Å². The second-order valence-electron chi connectivity index (χ2n) is 6.82. The third-order valence-corrected chi connectivity index (χ3v) is 6.09. The molecule has 1 aromatic heterocycles. The van der Waals surface area contributed by atoms with Gasteiger partial charge in [0, 0.05) is 10.6 Å². The number of thiocarbonyl (C=S) groups is 1. The van der Waals surface area contributed by atoms with Crippen molar-refractivity contribution in [1.82, 2.24) is 10.9 Å². The van der Waals surface area contributed by atoms with Crippen LogP contribution in [0, 0.1) is 13.8 Å². The molecule has 26 heavy (non-hydrogen) atoms. The fourth-order valence-electron chi connectivity index (χ4n) is 3.16. The lowest BCUT2D eigenvalue weighted by Crippen LogP contribution is -2.43. The molecule has 1 aromatic carbocycles. The first kappa shape index (κ1) is 18.9. The van der Waals surface area contributed by atoms with Crippen molar-refractivity contribution in [1.29, 1.82) is 0 Å². The molecule has 1 heterocycles. The molecule has 0 aliphatic heterocycles. The molecule has 0 fully saturated rings. The molecule has 0 saturated heterocycles. The molecule has 0 spiro atoms. The van der Waals surface area contributed by atoms with Crippen LogP contribution in [0.25, 0.3) is 0 Å². The molecule has 2 aromatic rings. The van der Waals surface area contributed by atoms with Crippen LogP contribution in [0.1, 0.15) is 56.9 Å². The van der Waals surface area contributed by atoms with E-state index >= 15 is 0 Å². The lowest BCUT2D eigenvalue weighted by molar-refractivity contribution is 0.0948. The molecule has 3 rings (SSSR count). The van der Waals surface area contributed by atoms with Gasteiger partial charge in [0.1, 0.15) is 0 Å². The number of hydrazine groups is 1. The van der Waals surface area contributed by atoms with Gasteiger partial charge < -0.3 is 5.32 Å². The number of fused-ring (bicyclic) bond motifs is 1. The highest BCUT2D eigenvalue weighted by Crippen LogP contribution is 2.28. The highest BCUT2D eigenvalue weighted by atomic mass is 32.1. The lowest BCUT2D eigenvalue weighted by atomic mass is 10.00. The van der Waals surface area contributed by atoms with Crippen molar-refractivity contribution in [2.24, 2.45) is 0 Å². The van der Waals surface area contributed by atoms with Gasteiger partial charge in [0.25, 0.3) is 5.91 Å². The Hall–Kier alpha value is -1.92. The van der Waals surface area contributed by atoms with Gasteiger partial charge in [-0.2, -0.15) is 0 Å². The number of amides is 1. The van der Waals surface area contributed by atoms with Crippen LogP contribution in [0.4, 0.5) is 5.69 Å². The Labute approximate surface area is 164 Å². The molecular formula is C20H25N3OS2. The average Bonchev–Trinajstić information content (AvgIpc) is 2.98. The van der Waals surface area contributed by atoms with Crippen LogP contribution >= 0.6 is 23.6 Å². The topological polar surface area (TPSA) is 53.2 Å². The van der Waals surface area contributed by atoms with Crippen molar-refractivity contribution in [3.63, 3.8) is 0 Å². The second-order valence-corrected chi connectivity index (χ2v) is 8.37. The van der Waals surface area contributed by atoms with Gasteiger partial charge in [0.15, 0.2) is 5.11 Å². The van der Waals surface area contributed by atoms with Crippen LogP contribution < -0.4 is 16.2 Å². The molecule has 3 N–H and O–H groups in total. The number of carbonyl (C=O) groups excluding carboxylic acids is 1. The van der Waals surface area contributed by atoms with Crippen LogP contribution in [-0.4, -0.2) is 11.0 Å². The standard InChI is InChI=1S/C20H25N3OS2/c1-13-9-10-14(2)16(11-13)21-20(25)23-22-19(24)18-12-15-7-5-3-4-6-8-17(15)26-18/h9-12H,3-8H2,1-2H3,(H,22,24)(H2,21,23,25). The van der Waals surface area contributed by atoms with Crippen molar-refractivity contribution in [2.75, 3.05) is 5.32 Å². The minimum atomic E-state index is -0.133. The van der Waals surface area contributed by atoms with Gasteiger partial charge in [-0.1, -0.05) is 25.0 Å². The van der Waals surface area contributed by atoms with Gasteiger partial charge >= 0.3 is 0 Å². The number of thiophene rings is 1. The summed E-state index contributed by atoms with van der Waals surface area (Å²) in [5, 5.41) is 3.51. The summed E-state index contributed by atoms with van der Waals surface area (Å²) in [7, 11) is 0. The predicted octanol–water partition coefficient (Wildman–Crippen LogP) is 4.66. The molecule has 138 valence electrons. The summed E-state index contributed by atoms with van der Waals surface area (Å²) < 4.78 is 0. The van der Waals surface area contributed by atoms with E-state index in [4.69, 9.17) is 12.2 Å². The van der Waals surface area contributed by atoms with Gasteiger partial charge in [-0.05, 0) is 80.6 Å². The van der Waals surface area contributed by atoms with Gasteiger partial charge in [0.05, 0.1) is 4.88 Å². The predicted molar refractivity (Wildman–Crippen MR) is 113 cm³/mol. The van der Waals surface area contributed by atoms with E-state index < -0.39 is 0 Å². The zero-order chi connectivity index (χ0) is 18.5. The maximum atomic E-state index is 12.5. The smallest absolute Gasteiger partial charge is 0.279 e. The van der Waals surface area contributed by atoms with Gasteiger partial charge in [0.2, 0.25) is 0 Å². The maximum Gasteiger partial charge on any atom is 0.279 e. The summed E-state index contributed by atoms with van der Waals surface area (Å²) in [4.78, 5) is 14.6. The monoisotopic (exact) mass is 387 g/mol. The third-order valence-electron chi connectivity index (χ3n) is 4.65. The number of nitrogens with one attached hydrogen (secondary N) is 3. The minimum absolute atomic E-state index is 0.133. The highest BCUT2D eigenvalue weighted by Gasteiger charge is 2.16. The van der Waals surface area contributed by atoms with E-state index in [9.17, 15) is 4.79 Å². The molecule has 1 aliphatic rings. The zero-order valence-corrected chi connectivity index (χ0v) is 16.9. The number of hydrogen-bond acceptors (Lipinski definition) is 3. The molecule has 1 aliphatic carbocycles. The Bertz CT molecular complexity index is 788. The summed E-state index contributed by atoms with van der Waals surface area (Å²) in [5.74, 6) is -0.133. The van der Waals surface area contributed by atoms with E-state index in [0.717, 1.165) is 34.5 Å². The van der Waals surface area contributed by atoms with Crippen molar-refractivity contribution >= 4 is 40.3 Å².